The molecule has 1 unspecified atom stereocenters. The van der Waals surface area contributed by atoms with Gasteiger partial charge in [0.1, 0.15) is 11.4 Å². The third-order valence-corrected chi connectivity index (χ3v) is 12.9. The summed E-state index contributed by atoms with van der Waals surface area (Å²) in [4.78, 5) is 45.7. The van der Waals surface area contributed by atoms with E-state index in [0.29, 0.717) is 31.0 Å². The van der Waals surface area contributed by atoms with Gasteiger partial charge in [0.05, 0.1) is 12.7 Å². The summed E-state index contributed by atoms with van der Waals surface area (Å²) in [5.74, 6) is -2.66. The van der Waals surface area contributed by atoms with E-state index in [-0.39, 0.29) is 36.1 Å². The molecule has 2 aliphatic heterocycles. The number of aliphatic hydroxyl groups excluding tert-OH is 1. The van der Waals surface area contributed by atoms with Crippen LogP contribution in [0.5, 0.6) is 0 Å². The van der Waals surface area contributed by atoms with Gasteiger partial charge >= 0.3 is 5.97 Å². The molecule has 5 fully saturated rings. The van der Waals surface area contributed by atoms with E-state index in [0.717, 1.165) is 17.3 Å². The largest absolute Gasteiger partial charge is 0.465 e. The van der Waals surface area contributed by atoms with E-state index in [1.165, 1.54) is 18.2 Å². The van der Waals surface area contributed by atoms with Gasteiger partial charge in [0, 0.05) is 47.2 Å². The number of nitrogens with zero attached hydrogens (tertiary/aromatic N) is 1. The van der Waals surface area contributed by atoms with Crippen molar-refractivity contribution in [3.63, 3.8) is 0 Å². The molecule has 11 heteroatoms. The zero-order chi connectivity index (χ0) is 30.5. The van der Waals surface area contributed by atoms with Crippen LogP contribution >= 0.6 is 23.4 Å². The van der Waals surface area contributed by atoms with Crippen LogP contribution in [-0.4, -0.2) is 69.0 Å². The van der Waals surface area contributed by atoms with E-state index < -0.39 is 63.2 Å². The Morgan fingerprint density at radius 3 is 2.63 bits per heavy atom. The molecule has 2 saturated heterocycles. The standard InChI is InChI=1S/C32H34ClF2NO6S/c1-29-9-7-20(37)12-23(29)24(34)13-22-21-11-18-16-36(15-17-3-5-19(33)6-4-17)42-32(18,28(40)43-25-8-10-41-27(25)39)30(21,2)14-26(38)31(22,29)35/h3-7,9,12,18,21-22,24-26,38H,8,10-11,13-16H2,1-2H3/t18-,21-,22-,24-,25?,26-,29-,30-,31-,32-/m0/s1. The quantitative estimate of drug-likeness (QED) is 0.466. The normalized spacial score (nSPS) is 45.2. The number of thioether (sulfide) groups is 1. The molecule has 1 aromatic rings. The van der Waals surface area contributed by atoms with E-state index in [4.69, 9.17) is 21.2 Å². The zero-order valence-electron chi connectivity index (χ0n) is 23.9. The maximum Gasteiger partial charge on any atom is 0.319 e. The van der Waals surface area contributed by atoms with Crippen molar-refractivity contribution in [2.75, 3.05) is 13.2 Å². The molecule has 0 aromatic heterocycles. The number of hydrogen-bond donors (Lipinski definition) is 1. The fourth-order valence-corrected chi connectivity index (χ4v) is 10.7. The van der Waals surface area contributed by atoms with Gasteiger partial charge in [-0.05, 0) is 67.5 Å². The molecule has 7 rings (SSSR count). The van der Waals surface area contributed by atoms with Crippen molar-refractivity contribution in [2.24, 2.45) is 28.6 Å². The van der Waals surface area contributed by atoms with Crippen LogP contribution in [0.15, 0.2) is 48.1 Å². The Morgan fingerprint density at radius 1 is 1.19 bits per heavy atom. The molecule has 4 aliphatic carbocycles. The van der Waals surface area contributed by atoms with Crippen LogP contribution < -0.4 is 0 Å². The van der Waals surface area contributed by atoms with Crippen molar-refractivity contribution in [1.29, 1.82) is 0 Å². The molecular weight excluding hydrogens is 600 g/mol. The number of cyclic esters (lactones) is 1. The third kappa shape index (κ3) is 3.98. The number of benzene rings is 1. The molecule has 0 spiro atoms. The highest BCUT2D eigenvalue weighted by molar-refractivity contribution is 8.14. The topological polar surface area (TPSA) is 93.1 Å². The third-order valence-electron chi connectivity index (χ3n) is 11.4. The zero-order valence-corrected chi connectivity index (χ0v) is 25.5. The number of carbonyl (C=O) groups is 3. The second-order valence-corrected chi connectivity index (χ2v) is 15.0. The molecule has 2 heterocycles. The number of ether oxygens (including phenoxy) is 1. The maximum absolute atomic E-state index is 17.7. The Labute approximate surface area is 257 Å². The average Bonchev–Trinajstić information content (AvgIpc) is 3.60. The van der Waals surface area contributed by atoms with E-state index in [1.54, 1.807) is 24.1 Å². The van der Waals surface area contributed by atoms with Gasteiger partial charge in [-0.2, -0.15) is 5.06 Å². The number of allylic oxidation sites excluding steroid dienone is 4. The van der Waals surface area contributed by atoms with Crippen molar-refractivity contribution in [2.45, 2.75) is 74.9 Å². The second-order valence-electron chi connectivity index (χ2n) is 13.4. The Kier molecular flexibility index (Phi) is 6.84. The summed E-state index contributed by atoms with van der Waals surface area (Å²) in [7, 11) is 0. The SMILES string of the molecule is C[C@]12C=CC(=O)C=C1[C@@H](F)C[C@H]1[C@@H]3C[C@H]4CN(Cc5ccc(Cl)cc5)O[C@@]4(C(=O)SC4CCOC4=O)[C@@]3(C)C[C@H](O)[C@@]12F. The number of alkyl halides is 2. The highest BCUT2D eigenvalue weighted by atomic mass is 35.5. The number of hydrogen-bond acceptors (Lipinski definition) is 8. The highest BCUT2D eigenvalue weighted by Gasteiger charge is 2.79. The molecule has 7 nitrogen and oxygen atoms in total. The van der Waals surface area contributed by atoms with Crippen LogP contribution in [0.1, 0.15) is 45.1 Å². The molecule has 230 valence electrons. The van der Waals surface area contributed by atoms with E-state index in [9.17, 15) is 19.5 Å². The van der Waals surface area contributed by atoms with Gasteiger partial charge < -0.3 is 9.84 Å². The summed E-state index contributed by atoms with van der Waals surface area (Å²) in [5, 5.41) is 13.1. The summed E-state index contributed by atoms with van der Waals surface area (Å²) < 4.78 is 38.7. The van der Waals surface area contributed by atoms with Crippen LogP contribution in [0.3, 0.4) is 0 Å². The summed E-state index contributed by atoms with van der Waals surface area (Å²) in [6, 6.07) is 7.31. The van der Waals surface area contributed by atoms with Gasteiger partial charge in [0.15, 0.2) is 17.1 Å². The first-order chi connectivity index (χ1) is 20.3. The second kappa shape index (κ2) is 9.94. The monoisotopic (exact) mass is 633 g/mol. The number of halogens is 3. The van der Waals surface area contributed by atoms with Crippen LogP contribution in [0.25, 0.3) is 0 Å². The Balaban J connectivity index is 1.28. The minimum atomic E-state index is -2.25. The van der Waals surface area contributed by atoms with E-state index >= 15 is 8.78 Å². The van der Waals surface area contributed by atoms with Gasteiger partial charge in [-0.15, -0.1) is 0 Å². The smallest absolute Gasteiger partial charge is 0.319 e. The van der Waals surface area contributed by atoms with E-state index in [1.807, 2.05) is 19.1 Å². The lowest BCUT2D eigenvalue weighted by Crippen LogP contribution is -2.70. The Bertz CT molecular complexity index is 1460. The van der Waals surface area contributed by atoms with Crippen molar-refractivity contribution >= 4 is 40.2 Å². The first-order valence-corrected chi connectivity index (χ1v) is 16.1. The number of hydroxylamine groups is 2. The molecule has 1 N–H and O–H groups in total. The van der Waals surface area contributed by atoms with Crippen LogP contribution in [-0.2, 0) is 30.5 Å². The number of carbonyl (C=O) groups excluding carboxylic acids is 3. The number of esters is 1. The molecule has 0 amide bonds. The molecule has 1 aromatic carbocycles. The maximum atomic E-state index is 17.7. The molecule has 43 heavy (non-hydrogen) atoms. The van der Waals surface area contributed by atoms with Gasteiger partial charge in [-0.3, -0.25) is 19.2 Å². The molecule has 10 atom stereocenters. The summed E-state index contributed by atoms with van der Waals surface area (Å²) in [6.07, 6.45) is 1.20. The molecule has 0 radical (unpaired) electrons. The molecule has 0 bridgehead atoms. The van der Waals surface area contributed by atoms with Gasteiger partial charge in [0.2, 0.25) is 5.12 Å². The van der Waals surface area contributed by atoms with Crippen molar-refractivity contribution < 1.29 is 37.8 Å². The fraction of sp³-hybridized carbons (Fsp3) is 0.594. The Hall–Kier alpha value is -2.11. The first kappa shape index (κ1) is 29.6. The van der Waals surface area contributed by atoms with Crippen molar-refractivity contribution in [3.05, 3.63) is 58.7 Å². The lowest BCUT2D eigenvalue weighted by Gasteiger charge is -2.63. The predicted octanol–water partition coefficient (Wildman–Crippen LogP) is 4.95. The average molecular weight is 634 g/mol. The predicted molar refractivity (Wildman–Crippen MR) is 155 cm³/mol. The number of ketones is 1. The van der Waals surface area contributed by atoms with E-state index in [2.05, 4.69) is 0 Å². The summed E-state index contributed by atoms with van der Waals surface area (Å²) in [5.41, 5.74) is -5.32. The summed E-state index contributed by atoms with van der Waals surface area (Å²) >= 11 is 6.98. The van der Waals surface area contributed by atoms with Crippen molar-refractivity contribution in [3.8, 4) is 0 Å². The number of aliphatic hydroxyl groups is 1. The van der Waals surface area contributed by atoms with Crippen LogP contribution in [0, 0.1) is 28.6 Å². The van der Waals surface area contributed by atoms with Crippen molar-refractivity contribution in [1.82, 2.24) is 5.06 Å². The molecule has 3 saturated carbocycles. The number of rotatable bonds is 4. The van der Waals surface area contributed by atoms with Crippen LogP contribution in [0.4, 0.5) is 8.78 Å². The fourth-order valence-electron chi connectivity index (χ4n) is 9.35. The summed E-state index contributed by atoms with van der Waals surface area (Å²) in [6.45, 7) is 4.40. The van der Waals surface area contributed by atoms with Crippen LogP contribution in [0.2, 0.25) is 5.02 Å². The van der Waals surface area contributed by atoms with Gasteiger partial charge in [-0.1, -0.05) is 48.5 Å². The minimum absolute atomic E-state index is 0.0612. The first-order valence-electron chi connectivity index (χ1n) is 14.9. The molecule has 6 aliphatic rings. The Morgan fingerprint density at radius 2 is 1.93 bits per heavy atom. The molecular formula is C32H34ClF2NO6S. The lowest BCUT2D eigenvalue weighted by molar-refractivity contribution is -0.266. The lowest BCUT2D eigenvalue weighted by atomic mass is 9.44. The highest BCUT2D eigenvalue weighted by Crippen LogP contribution is 2.73. The van der Waals surface area contributed by atoms with Gasteiger partial charge in [-0.25, -0.2) is 8.78 Å². The van der Waals surface area contributed by atoms with Gasteiger partial charge in [0.25, 0.3) is 0 Å². The minimum Gasteiger partial charge on any atom is -0.465 e. The number of fused-ring (bicyclic) bond motifs is 7.